The van der Waals surface area contributed by atoms with Gasteiger partial charge in [0.05, 0.1) is 24.6 Å². The van der Waals surface area contributed by atoms with Crippen LogP contribution in [-0.4, -0.2) is 45.7 Å². The van der Waals surface area contributed by atoms with Gasteiger partial charge in [0, 0.05) is 19.0 Å². The van der Waals surface area contributed by atoms with Crippen LogP contribution in [0.3, 0.4) is 0 Å². The van der Waals surface area contributed by atoms with E-state index < -0.39 is 5.97 Å². The molecule has 0 spiro atoms. The van der Waals surface area contributed by atoms with E-state index >= 15 is 0 Å². The van der Waals surface area contributed by atoms with Crippen molar-refractivity contribution in [3.8, 4) is 0 Å². The number of nitrogens with zero attached hydrogens (tertiary/aromatic N) is 2. The Morgan fingerprint density at radius 3 is 2.95 bits per heavy atom. The number of aromatic nitrogens is 2. The normalized spacial score (nSPS) is 10.6. The maximum Gasteiger partial charge on any atom is 0.305 e. The Bertz CT molecular complexity index is 606. The summed E-state index contributed by atoms with van der Waals surface area (Å²) in [5.41, 5.74) is 1.77. The Morgan fingerprint density at radius 1 is 1.42 bits per heavy atom. The van der Waals surface area contributed by atoms with Gasteiger partial charge in [-0.25, -0.2) is 0 Å². The largest absolute Gasteiger partial charge is 0.481 e. The number of rotatable bonds is 5. The predicted octanol–water partition coefficient (Wildman–Crippen LogP) is 1.04. The summed E-state index contributed by atoms with van der Waals surface area (Å²) in [6, 6.07) is 5.66. The van der Waals surface area contributed by atoms with Crippen LogP contribution in [-0.2, 0) is 16.0 Å². The second kappa shape index (κ2) is 5.51. The zero-order chi connectivity index (χ0) is 13.8. The third kappa shape index (κ3) is 3.31. The minimum Gasteiger partial charge on any atom is -0.481 e. The molecule has 100 valence electrons. The van der Waals surface area contributed by atoms with Crippen molar-refractivity contribution in [1.29, 1.82) is 0 Å². The van der Waals surface area contributed by atoms with Gasteiger partial charge in [0.1, 0.15) is 0 Å². The number of carboxylic acids is 1. The highest BCUT2D eigenvalue weighted by atomic mass is 16.4. The van der Waals surface area contributed by atoms with Gasteiger partial charge in [0.15, 0.2) is 0 Å². The van der Waals surface area contributed by atoms with Crippen molar-refractivity contribution < 1.29 is 14.7 Å². The van der Waals surface area contributed by atoms with E-state index in [9.17, 15) is 9.59 Å². The topological polar surface area (TPSA) is 86.3 Å². The number of amides is 1. The fourth-order valence-corrected chi connectivity index (χ4v) is 1.79. The van der Waals surface area contributed by atoms with Crippen LogP contribution in [0.2, 0.25) is 0 Å². The lowest BCUT2D eigenvalue weighted by atomic mass is 10.1. The first-order valence-corrected chi connectivity index (χ1v) is 5.94. The summed E-state index contributed by atoms with van der Waals surface area (Å²) in [6.45, 7) is 0.223. The van der Waals surface area contributed by atoms with E-state index in [2.05, 4.69) is 10.2 Å². The second-order valence-corrected chi connectivity index (χ2v) is 4.43. The van der Waals surface area contributed by atoms with Crippen molar-refractivity contribution in [2.24, 2.45) is 0 Å². The summed E-state index contributed by atoms with van der Waals surface area (Å²) in [6.07, 6.45) is 1.94. The van der Waals surface area contributed by atoms with E-state index in [-0.39, 0.29) is 25.3 Å². The molecule has 1 aromatic carbocycles. The highest BCUT2D eigenvalue weighted by Crippen LogP contribution is 2.13. The van der Waals surface area contributed by atoms with Gasteiger partial charge in [-0.05, 0) is 11.6 Å². The number of H-pyrrole nitrogens is 1. The Balaban J connectivity index is 1.99. The molecular formula is C13H15N3O3. The molecule has 2 aromatic rings. The molecule has 0 saturated heterocycles. The number of benzene rings is 1. The maximum atomic E-state index is 11.9. The summed E-state index contributed by atoms with van der Waals surface area (Å²) in [4.78, 5) is 23.8. The predicted molar refractivity (Wildman–Crippen MR) is 69.7 cm³/mol. The molecule has 0 atom stereocenters. The van der Waals surface area contributed by atoms with Crippen LogP contribution in [0.25, 0.3) is 10.9 Å². The summed E-state index contributed by atoms with van der Waals surface area (Å²) in [5, 5.41) is 16.3. The zero-order valence-electron chi connectivity index (χ0n) is 10.6. The van der Waals surface area contributed by atoms with Crippen molar-refractivity contribution in [3.05, 3.63) is 30.0 Å². The lowest BCUT2D eigenvalue weighted by Gasteiger charge is -2.15. The quantitative estimate of drug-likeness (QED) is 0.842. The lowest BCUT2D eigenvalue weighted by Crippen LogP contribution is -2.30. The van der Waals surface area contributed by atoms with Gasteiger partial charge >= 0.3 is 5.97 Å². The van der Waals surface area contributed by atoms with Crippen LogP contribution in [0.4, 0.5) is 0 Å². The van der Waals surface area contributed by atoms with Crippen LogP contribution in [0.15, 0.2) is 24.4 Å². The Labute approximate surface area is 110 Å². The smallest absolute Gasteiger partial charge is 0.305 e. The van der Waals surface area contributed by atoms with E-state index in [4.69, 9.17) is 5.11 Å². The number of nitrogens with one attached hydrogen (secondary N) is 1. The molecule has 2 N–H and O–H groups in total. The van der Waals surface area contributed by atoms with Gasteiger partial charge in [0.25, 0.3) is 0 Å². The maximum absolute atomic E-state index is 11.9. The standard InChI is InChI=1S/C13H15N3O3/c1-16(5-4-13(18)19)12(17)7-9-2-3-10-8-14-15-11(10)6-9/h2-3,6,8H,4-5,7H2,1H3,(H,14,15)(H,18,19). The number of carbonyl (C=O) groups is 2. The monoisotopic (exact) mass is 261 g/mol. The van der Waals surface area contributed by atoms with Crippen LogP contribution in [0.5, 0.6) is 0 Å². The van der Waals surface area contributed by atoms with E-state index in [1.165, 1.54) is 4.90 Å². The Morgan fingerprint density at radius 2 is 2.21 bits per heavy atom. The average Bonchev–Trinajstić information content (AvgIpc) is 2.83. The number of hydrogen-bond acceptors (Lipinski definition) is 3. The number of likely N-dealkylation sites (N-methyl/N-ethyl adjacent to an activating group) is 1. The minimum atomic E-state index is -0.904. The molecule has 0 saturated carbocycles. The molecule has 0 unspecified atom stereocenters. The van der Waals surface area contributed by atoms with Crippen molar-refractivity contribution in [1.82, 2.24) is 15.1 Å². The van der Waals surface area contributed by atoms with E-state index in [1.807, 2.05) is 18.2 Å². The number of aromatic amines is 1. The molecule has 6 nitrogen and oxygen atoms in total. The van der Waals surface area contributed by atoms with Crippen molar-refractivity contribution in [2.75, 3.05) is 13.6 Å². The van der Waals surface area contributed by atoms with Gasteiger partial charge < -0.3 is 10.0 Å². The number of aliphatic carboxylic acids is 1. The molecule has 19 heavy (non-hydrogen) atoms. The molecule has 0 aliphatic rings. The summed E-state index contributed by atoms with van der Waals surface area (Å²) in [5.74, 6) is -1.00. The molecule has 0 bridgehead atoms. The fraction of sp³-hybridized carbons (Fsp3) is 0.308. The van der Waals surface area contributed by atoms with Crippen molar-refractivity contribution in [3.63, 3.8) is 0 Å². The summed E-state index contributed by atoms with van der Waals surface area (Å²) < 4.78 is 0. The molecule has 1 heterocycles. The van der Waals surface area contributed by atoms with Crippen molar-refractivity contribution >= 4 is 22.8 Å². The van der Waals surface area contributed by atoms with Gasteiger partial charge in [-0.2, -0.15) is 5.10 Å². The first kappa shape index (κ1) is 13.1. The van der Waals surface area contributed by atoms with E-state index in [0.29, 0.717) is 0 Å². The first-order chi connectivity index (χ1) is 9.06. The molecule has 1 amide bonds. The lowest BCUT2D eigenvalue weighted by molar-refractivity contribution is -0.138. The minimum absolute atomic E-state index is 0.0399. The fourth-order valence-electron chi connectivity index (χ4n) is 1.79. The van der Waals surface area contributed by atoms with Crippen LogP contribution in [0.1, 0.15) is 12.0 Å². The SMILES string of the molecule is CN(CCC(=O)O)C(=O)Cc1ccc2cn[nH]c2c1. The van der Waals surface area contributed by atoms with Crippen LogP contribution >= 0.6 is 0 Å². The van der Waals surface area contributed by atoms with Crippen LogP contribution < -0.4 is 0 Å². The molecule has 0 radical (unpaired) electrons. The van der Waals surface area contributed by atoms with E-state index in [1.54, 1.807) is 13.2 Å². The molecule has 0 fully saturated rings. The number of hydrogen-bond donors (Lipinski definition) is 2. The molecule has 6 heteroatoms. The second-order valence-electron chi connectivity index (χ2n) is 4.43. The summed E-state index contributed by atoms with van der Waals surface area (Å²) in [7, 11) is 1.61. The van der Waals surface area contributed by atoms with Crippen LogP contribution in [0, 0.1) is 0 Å². The molecule has 1 aromatic heterocycles. The Kier molecular flexibility index (Phi) is 3.79. The highest BCUT2D eigenvalue weighted by Gasteiger charge is 2.11. The van der Waals surface area contributed by atoms with Gasteiger partial charge in [-0.3, -0.25) is 14.7 Å². The van der Waals surface area contributed by atoms with Gasteiger partial charge in [-0.1, -0.05) is 12.1 Å². The number of fused-ring (bicyclic) bond motifs is 1. The van der Waals surface area contributed by atoms with E-state index in [0.717, 1.165) is 16.5 Å². The van der Waals surface area contributed by atoms with Gasteiger partial charge in [-0.15, -0.1) is 0 Å². The average molecular weight is 261 g/mol. The molecule has 0 aliphatic carbocycles. The molecule has 0 aliphatic heterocycles. The third-order valence-corrected chi connectivity index (χ3v) is 2.95. The Hall–Kier alpha value is -2.37. The number of carboxylic acid groups (broad SMARTS) is 1. The highest BCUT2D eigenvalue weighted by molar-refractivity contribution is 5.83. The third-order valence-electron chi connectivity index (χ3n) is 2.95. The molecule has 2 rings (SSSR count). The van der Waals surface area contributed by atoms with Crippen molar-refractivity contribution in [2.45, 2.75) is 12.8 Å². The first-order valence-electron chi connectivity index (χ1n) is 5.94. The number of carbonyl (C=O) groups excluding carboxylic acids is 1. The zero-order valence-corrected chi connectivity index (χ0v) is 10.6. The summed E-state index contributed by atoms with van der Waals surface area (Å²) >= 11 is 0. The molecular weight excluding hydrogens is 246 g/mol. The van der Waals surface area contributed by atoms with Gasteiger partial charge in [0.2, 0.25) is 5.91 Å².